The molecule has 0 saturated heterocycles. The van der Waals surface area contributed by atoms with Gasteiger partial charge in [0.15, 0.2) is 5.49 Å². The van der Waals surface area contributed by atoms with Crippen molar-refractivity contribution in [2.75, 3.05) is 13.7 Å². The van der Waals surface area contributed by atoms with Crippen LogP contribution in [0, 0.1) is 6.92 Å². The van der Waals surface area contributed by atoms with Crippen molar-refractivity contribution in [3.8, 4) is 5.75 Å². The number of hydrogen-bond donors (Lipinski definition) is 0. The van der Waals surface area contributed by atoms with E-state index in [1.54, 1.807) is 55.6 Å². The average molecular weight is 513 g/mol. The van der Waals surface area contributed by atoms with E-state index in [0.29, 0.717) is 17.2 Å². The van der Waals surface area contributed by atoms with Gasteiger partial charge < -0.3 is 18.5 Å². The Hall–Kier alpha value is -4.99. The Balaban J connectivity index is 1.88. The Kier molecular flexibility index (Phi) is 6.61. The number of carbonyl (C=O) groups excluding carboxylic acids is 2. The molecule has 0 radical (unpaired) electrons. The fourth-order valence-electron chi connectivity index (χ4n) is 4.17. The van der Waals surface area contributed by atoms with Crippen molar-refractivity contribution < 1.29 is 23.5 Å². The van der Waals surface area contributed by atoms with Crippen LogP contribution < -0.4 is 15.8 Å². The van der Waals surface area contributed by atoms with Crippen molar-refractivity contribution in [3.05, 3.63) is 105 Å². The summed E-state index contributed by atoms with van der Waals surface area (Å²) in [6.45, 7) is 3.66. The van der Waals surface area contributed by atoms with Crippen LogP contribution >= 0.6 is 0 Å². The molecule has 192 valence electrons. The van der Waals surface area contributed by atoms with E-state index in [2.05, 4.69) is 4.99 Å². The molecule has 0 atom stereocenters. The fourth-order valence-corrected chi connectivity index (χ4v) is 4.17. The lowest BCUT2D eigenvalue weighted by Crippen LogP contribution is -2.33. The second kappa shape index (κ2) is 10.2. The van der Waals surface area contributed by atoms with E-state index in [1.807, 2.05) is 13.0 Å². The number of hydrogen-bond acceptors (Lipinski definition) is 7. The Morgan fingerprint density at radius 3 is 2.55 bits per heavy atom. The van der Waals surface area contributed by atoms with E-state index in [1.165, 1.54) is 28.4 Å². The quantitative estimate of drug-likeness (QED) is 0.252. The first kappa shape index (κ1) is 24.7. The number of benzene rings is 1. The normalized spacial score (nSPS) is 11.7. The van der Waals surface area contributed by atoms with Crippen LogP contribution in [0.15, 0.2) is 81.3 Å². The first-order valence-electron chi connectivity index (χ1n) is 11.9. The lowest BCUT2D eigenvalue weighted by Gasteiger charge is -2.15. The van der Waals surface area contributed by atoms with E-state index in [4.69, 9.17) is 18.9 Å². The number of carbonyl (C=O) groups is 2. The van der Waals surface area contributed by atoms with Gasteiger partial charge in [-0.25, -0.2) is 9.78 Å². The predicted molar refractivity (Wildman–Crippen MR) is 138 cm³/mol. The molecule has 4 aromatic heterocycles. The molecule has 1 amide bonds. The highest BCUT2D eigenvalue weighted by atomic mass is 16.5. The van der Waals surface area contributed by atoms with Crippen LogP contribution in [0.4, 0.5) is 0 Å². The second-order valence-corrected chi connectivity index (χ2v) is 8.45. The van der Waals surface area contributed by atoms with Gasteiger partial charge in [-0.2, -0.15) is 4.99 Å². The van der Waals surface area contributed by atoms with Gasteiger partial charge >= 0.3 is 5.97 Å². The van der Waals surface area contributed by atoms with Gasteiger partial charge in [-0.3, -0.25) is 14.0 Å². The van der Waals surface area contributed by atoms with Crippen LogP contribution in [-0.2, 0) is 11.3 Å². The number of pyridine rings is 2. The van der Waals surface area contributed by atoms with Crippen molar-refractivity contribution >= 4 is 28.6 Å². The molecule has 0 aliphatic carbocycles. The highest BCUT2D eigenvalue weighted by Crippen LogP contribution is 2.16. The number of rotatable bonds is 6. The van der Waals surface area contributed by atoms with Crippen LogP contribution in [0.1, 0.15) is 39.0 Å². The van der Waals surface area contributed by atoms with Gasteiger partial charge in [0.05, 0.1) is 31.9 Å². The third-order valence-corrected chi connectivity index (χ3v) is 6.04. The fraction of sp³-hybridized carbons (Fsp3) is 0.179. The van der Waals surface area contributed by atoms with Crippen LogP contribution in [0.5, 0.6) is 5.75 Å². The third kappa shape index (κ3) is 4.47. The molecular formula is C28H24N4O6. The summed E-state index contributed by atoms with van der Waals surface area (Å²) in [6.07, 6.45) is 3.12. The zero-order valence-electron chi connectivity index (χ0n) is 21.0. The molecule has 10 heteroatoms. The summed E-state index contributed by atoms with van der Waals surface area (Å²) in [5.41, 5.74) is 1.33. The summed E-state index contributed by atoms with van der Waals surface area (Å²) in [6, 6.07) is 14.9. The molecule has 5 rings (SSSR count). The lowest BCUT2D eigenvalue weighted by molar-refractivity contribution is 0.0523. The first-order valence-corrected chi connectivity index (χ1v) is 11.9. The van der Waals surface area contributed by atoms with Gasteiger partial charge in [-0.1, -0.05) is 6.07 Å². The smallest absolute Gasteiger partial charge is 0.341 e. The van der Waals surface area contributed by atoms with Gasteiger partial charge in [0, 0.05) is 11.8 Å². The van der Waals surface area contributed by atoms with Crippen molar-refractivity contribution in [3.63, 3.8) is 0 Å². The number of aryl methyl sites for hydroxylation is 1. The molecule has 5 aromatic rings. The van der Waals surface area contributed by atoms with E-state index in [-0.39, 0.29) is 46.4 Å². The number of ether oxygens (including phenoxy) is 2. The summed E-state index contributed by atoms with van der Waals surface area (Å²) in [5.74, 6) is -0.228. The molecule has 10 nitrogen and oxygen atoms in total. The molecular weight excluding hydrogens is 488 g/mol. The minimum absolute atomic E-state index is 0.00185. The van der Waals surface area contributed by atoms with Gasteiger partial charge in [-0.05, 0) is 67.9 Å². The maximum absolute atomic E-state index is 13.6. The summed E-state index contributed by atoms with van der Waals surface area (Å²) in [4.78, 5) is 49.1. The van der Waals surface area contributed by atoms with Gasteiger partial charge in [0.25, 0.3) is 11.5 Å². The average Bonchev–Trinajstić information content (AvgIpc) is 3.44. The maximum atomic E-state index is 13.6. The van der Waals surface area contributed by atoms with Gasteiger partial charge in [-0.15, -0.1) is 0 Å². The SMILES string of the molecule is CCOC(=O)c1cc2c(=O)n3cccc(C)c3nc2n(Cc2ccco2)c1=NC(=O)c1ccc(OC)cc1. The molecule has 0 spiro atoms. The van der Waals surface area contributed by atoms with Crippen molar-refractivity contribution in [1.29, 1.82) is 0 Å². The Bertz CT molecular complexity index is 1800. The number of nitrogens with zero attached hydrogens (tertiary/aromatic N) is 4. The van der Waals surface area contributed by atoms with E-state index in [9.17, 15) is 14.4 Å². The topological polar surface area (TPSA) is 117 Å². The molecule has 0 N–H and O–H groups in total. The van der Waals surface area contributed by atoms with E-state index in [0.717, 1.165) is 5.56 Å². The first-order chi connectivity index (χ1) is 18.4. The zero-order valence-corrected chi connectivity index (χ0v) is 21.0. The monoisotopic (exact) mass is 512 g/mol. The summed E-state index contributed by atoms with van der Waals surface area (Å²) in [5, 5.41) is 0.165. The molecule has 4 heterocycles. The minimum atomic E-state index is -0.724. The highest BCUT2D eigenvalue weighted by molar-refractivity contribution is 5.97. The lowest BCUT2D eigenvalue weighted by atomic mass is 10.2. The maximum Gasteiger partial charge on any atom is 0.341 e. The Morgan fingerprint density at radius 2 is 1.87 bits per heavy atom. The number of esters is 1. The van der Waals surface area contributed by atoms with Crippen LogP contribution in [0.3, 0.4) is 0 Å². The van der Waals surface area contributed by atoms with Crippen molar-refractivity contribution in [2.24, 2.45) is 4.99 Å². The van der Waals surface area contributed by atoms with Crippen molar-refractivity contribution in [1.82, 2.24) is 14.0 Å². The predicted octanol–water partition coefficient (Wildman–Crippen LogP) is 3.53. The third-order valence-electron chi connectivity index (χ3n) is 6.04. The summed E-state index contributed by atoms with van der Waals surface area (Å²) in [7, 11) is 1.53. The zero-order chi connectivity index (χ0) is 26.8. The standard InChI is InChI=1S/C28H24N4O6/c1-4-37-28(35)22-15-21-24(29-23-17(2)7-5-13-31(23)27(21)34)32(16-20-8-6-14-38-20)25(22)30-26(33)18-9-11-19(36-3)12-10-18/h5-15H,4,16H2,1-3H3. The molecule has 38 heavy (non-hydrogen) atoms. The minimum Gasteiger partial charge on any atom is -0.497 e. The Labute approximate surface area is 216 Å². The summed E-state index contributed by atoms with van der Waals surface area (Å²) < 4.78 is 19.0. The summed E-state index contributed by atoms with van der Waals surface area (Å²) >= 11 is 0. The molecule has 0 aliphatic heterocycles. The van der Waals surface area contributed by atoms with E-state index < -0.39 is 11.9 Å². The number of furan rings is 1. The highest BCUT2D eigenvalue weighted by Gasteiger charge is 2.21. The molecule has 0 unspecified atom stereocenters. The molecule has 0 aliphatic rings. The largest absolute Gasteiger partial charge is 0.497 e. The van der Waals surface area contributed by atoms with Gasteiger partial charge in [0.1, 0.15) is 28.4 Å². The Morgan fingerprint density at radius 1 is 1.08 bits per heavy atom. The molecule has 0 fully saturated rings. The van der Waals surface area contributed by atoms with Gasteiger partial charge in [0.2, 0.25) is 0 Å². The molecule has 0 saturated carbocycles. The van der Waals surface area contributed by atoms with Crippen molar-refractivity contribution in [2.45, 2.75) is 20.4 Å². The van der Waals surface area contributed by atoms with Crippen LogP contribution in [-0.4, -0.2) is 39.5 Å². The van der Waals surface area contributed by atoms with E-state index >= 15 is 0 Å². The van der Waals surface area contributed by atoms with Crippen LogP contribution in [0.2, 0.25) is 0 Å². The number of fused-ring (bicyclic) bond motifs is 2. The number of methoxy groups -OCH3 is 1. The molecule has 1 aromatic carbocycles. The second-order valence-electron chi connectivity index (χ2n) is 8.45. The molecule has 0 bridgehead atoms. The number of aromatic nitrogens is 3. The van der Waals surface area contributed by atoms with Crippen LogP contribution in [0.25, 0.3) is 16.7 Å². The number of amides is 1.